The molecule has 1 unspecified atom stereocenters. The molecule has 1 amide bonds. The molecule has 0 heterocycles. The molecular weight excluding hydrogens is 369 g/mol. The van der Waals surface area contributed by atoms with Gasteiger partial charge in [0, 0.05) is 5.39 Å². The van der Waals surface area contributed by atoms with Crippen LogP contribution in [0.1, 0.15) is 10.4 Å². The summed E-state index contributed by atoms with van der Waals surface area (Å²) >= 11 is 3.68. The number of amides is 1. The fraction of sp³-hybridized carbons (Fsp3) is 0. The molecule has 0 aromatic heterocycles. The Morgan fingerprint density at radius 3 is 2.68 bits per heavy atom. The first-order chi connectivity index (χ1) is 12.0. The summed E-state index contributed by atoms with van der Waals surface area (Å²) in [6, 6.07) is 14.1. The Bertz CT molecular complexity index is 996. The molecule has 1 atom stereocenters. The van der Waals surface area contributed by atoms with Gasteiger partial charge in [0.05, 0.1) is 21.2 Å². The molecule has 25 heavy (non-hydrogen) atoms. The summed E-state index contributed by atoms with van der Waals surface area (Å²) < 4.78 is 26.7. The highest BCUT2D eigenvalue weighted by atomic mass is 35.5. The van der Waals surface area contributed by atoms with Gasteiger partial charge in [-0.1, -0.05) is 46.3 Å². The second-order valence-corrected chi connectivity index (χ2v) is 6.55. The molecule has 5 nitrogen and oxygen atoms in total. The number of nitrogens with one attached hydrogen (secondary N) is 1. The minimum atomic E-state index is -2.32. The van der Waals surface area contributed by atoms with Crippen LogP contribution in [0.5, 0.6) is 5.75 Å². The topological polar surface area (TPSA) is 75.6 Å². The minimum Gasteiger partial charge on any atom is -0.506 e. The van der Waals surface area contributed by atoms with Gasteiger partial charge in [0.2, 0.25) is 11.1 Å². The monoisotopic (exact) mass is 379 g/mol. The van der Waals surface area contributed by atoms with Crippen molar-refractivity contribution in [2.24, 2.45) is 0 Å². The molecule has 0 spiro atoms. The summed E-state index contributed by atoms with van der Waals surface area (Å²) in [5, 5.41) is 14.3. The zero-order chi connectivity index (χ0) is 18.0. The van der Waals surface area contributed by atoms with E-state index in [0.717, 1.165) is 5.39 Å². The second kappa shape index (κ2) is 7.18. The summed E-state index contributed by atoms with van der Waals surface area (Å²) in [5.74, 6) is -0.784. The van der Waals surface area contributed by atoms with Crippen LogP contribution >= 0.6 is 11.6 Å². The Labute approximate surface area is 149 Å². The third kappa shape index (κ3) is 3.48. The van der Waals surface area contributed by atoms with Gasteiger partial charge in [-0.2, -0.15) is 0 Å². The van der Waals surface area contributed by atoms with Gasteiger partial charge < -0.3 is 10.4 Å². The zero-order valence-corrected chi connectivity index (χ0v) is 14.1. The molecule has 2 N–H and O–H groups in total. The summed E-state index contributed by atoms with van der Waals surface area (Å²) in [6.07, 6.45) is 0. The standard InChI is InChI=1S/C17H11ClFNO4S/c18-14-8-6-11(25(23)24-19)9-15(14)20-17(22)13-7-5-10-3-1-2-4-12(10)16(13)21/h1-9,21H,(H,20,22). The molecule has 8 heteroatoms. The van der Waals surface area contributed by atoms with E-state index in [9.17, 15) is 18.6 Å². The van der Waals surface area contributed by atoms with Gasteiger partial charge in [0.25, 0.3) is 5.91 Å². The second-order valence-electron chi connectivity index (χ2n) is 5.08. The lowest BCUT2D eigenvalue weighted by molar-refractivity contribution is 0.0125. The first-order valence-corrected chi connectivity index (χ1v) is 8.49. The van der Waals surface area contributed by atoms with Crippen molar-refractivity contribution in [3.8, 4) is 5.75 Å². The molecule has 0 radical (unpaired) electrons. The predicted molar refractivity (Wildman–Crippen MR) is 93.6 cm³/mol. The number of phenols is 1. The Balaban J connectivity index is 1.95. The highest BCUT2D eigenvalue weighted by Crippen LogP contribution is 2.30. The van der Waals surface area contributed by atoms with E-state index in [1.165, 1.54) is 24.3 Å². The van der Waals surface area contributed by atoms with Gasteiger partial charge in [0.1, 0.15) is 5.75 Å². The normalized spacial score (nSPS) is 12.1. The van der Waals surface area contributed by atoms with Crippen LogP contribution in [0.2, 0.25) is 5.02 Å². The maximum absolute atomic E-state index is 12.5. The van der Waals surface area contributed by atoms with Crippen molar-refractivity contribution in [2.45, 2.75) is 4.90 Å². The van der Waals surface area contributed by atoms with Crippen LogP contribution in [0.4, 0.5) is 10.2 Å². The number of rotatable bonds is 4. The van der Waals surface area contributed by atoms with Crippen molar-refractivity contribution >= 4 is 45.0 Å². The molecular formula is C17H11ClFNO4S. The van der Waals surface area contributed by atoms with Crippen LogP contribution in [-0.4, -0.2) is 15.2 Å². The van der Waals surface area contributed by atoms with Crippen molar-refractivity contribution in [2.75, 3.05) is 5.32 Å². The van der Waals surface area contributed by atoms with Gasteiger partial charge in [-0.15, -0.1) is 0 Å². The van der Waals surface area contributed by atoms with Crippen LogP contribution in [0.15, 0.2) is 59.5 Å². The summed E-state index contributed by atoms with van der Waals surface area (Å²) in [4.78, 5) is 12.5. The van der Waals surface area contributed by atoms with Crippen molar-refractivity contribution < 1.29 is 23.0 Å². The average Bonchev–Trinajstić information content (AvgIpc) is 2.63. The quantitative estimate of drug-likeness (QED) is 0.705. The number of aromatic hydroxyl groups is 1. The van der Waals surface area contributed by atoms with E-state index in [4.69, 9.17) is 11.6 Å². The predicted octanol–water partition coefficient (Wildman–Crippen LogP) is 4.37. The van der Waals surface area contributed by atoms with Crippen LogP contribution in [0.3, 0.4) is 0 Å². The number of phenolic OH excluding ortho intramolecular Hbond substituents is 1. The fourth-order valence-electron chi connectivity index (χ4n) is 2.37. The Hall–Kier alpha value is -2.48. The minimum absolute atomic E-state index is 0.00932. The number of carbonyl (C=O) groups excluding carboxylic acids is 1. The van der Waals surface area contributed by atoms with Crippen LogP contribution < -0.4 is 5.32 Å². The third-order valence-electron chi connectivity index (χ3n) is 3.58. The molecule has 0 saturated heterocycles. The molecule has 0 aliphatic carbocycles. The summed E-state index contributed by atoms with van der Waals surface area (Å²) in [5.41, 5.74) is 0.158. The molecule has 3 aromatic carbocycles. The lowest BCUT2D eigenvalue weighted by Gasteiger charge is -2.11. The van der Waals surface area contributed by atoms with Crippen LogP contribution in [-0.2, 0) is 15.5 Å². The van der Waals surface area contributed by atoms with E-state index in [0.29, 0.717) is 5.39 Å². The van der Waals surface area contributed by atoms with E-state index in [1.807, 2.05) is 12.1 Å². The molecule has 0 bridgehead atoms. The lowest BCUT2D eigenvalue weighted by Crippen LogP contribution is -2.13. The fourth-order valence-corrected chi connectivity index (χ4v) is 3.00. The molecule has 3 rings (SSSR count). The molecule has 0 aliphatic rings. The van der Waals surface area contributed by atoms with Gasteiger partial charge in [-0.05, 0) is 34.2 Å². The summed E-state index contributed by atoms with van der Waals surface area (Å²) in [6.45, 7) is 0. The van der Waals surface area contributed by atoms with Gasteiger partial charge in [-0.3, -0.25) is 4.79 Å². The first-order valence-electron chi connectivity index (χ1n) is 7.03. The Morgan fingerprint density at radius 1 is 1.16 bits per heavy atom. The first kappa shape index (κ1) is 17.3. The van der Waals surface area contributed by atoms with E-state index in [2.05, 4.69) is 9.70 Å². The number of hydrogen-bond acceptors (Lipinski definition) is 4. The number of halogens is 2. The van der Waals surface area contributed by atoms with Crippen LogP contribution in [0, 0.1) is 0 Å². The zero-order valence-electron chi connectivity index (χ0n) is 12.5. The van der Waals surface area contributed by atoms with E-state index < -0.39 is 17.0 Å². The molecule has 128 valence electrons. The van der Waals surface area contributed by atoms with Crippen molar-refractivity contribution in [3.63, 3.8) is 0 Å². The Kier molecular flexibility index (Phi) is 4.98. The van der Waals surface area contributed by atoms with Crippen molar-refractivity contribution in [1.82, 2.24) is 0 Å². The van der Waals surface area contributed by atoms with E-state index >= 15 is 0 Å². The van der Waals surface area contributed by atoms with Gasteiger partial charge in [0.15, 0.2) is 0 Å². The number of fused-ring (bicyclic) bond motifs is 1. The lowest BCUT2D eigenvalue weighted by atomic mass is 10.0. The SMILES string of the molecule is O=C(Nc1cc(S(=O)OF)ccc1Cl)c1ccc2ccccc2c1O. The highest BCUT2D eigenvalue weighted by Gasteiger charge is 2.16. The number of carbonyl (C=O) groups is 1. The maximum Gasteiger partial charge on any atom is 0.259 e. The van der Waals surface area contributed by atoms with Gasteiger partial charge >= 0.3 is 0 Å². The van der Waals surface area contributed by atoms with Crippen LogP contribution in [0.25, 0.3) is 10.8 Å². The Morgan fingerprint density at radius 2 is 1.92 bits per heavy atom. The highest BCUT2D eigenvalue weighted by molar-refractivity contribution is 7.80. The van der Waals surface area contributed by atoms with Crippen molar-refractivity contribution in [1.29, 1.82) is 0 Å². The molecule has 0 saturated carbocycles. The molecule has 0 aliphatic heterocycles. The largest absolute Gasteiger partial charge is 0.506 e. The summed E-state index contributed by atoms with van der Waals surface area (Å²) in [7, 11) is 0. The number of benzene rings is 3. The smallest absolute Gasteiger partial charge is 0.259 e. The third-order valence-corrected chi connectivity index (χ3v) is 4.66. The molecule has 3 aromatic rings. The van der Waals surface area contributed by atoms with Gasteiger partial charge in [-0.25, -0.2) is 4.21 Å². The molecule has 0 fully saturated rings. The number of hydrogen-bond donors (Lipinski definition) is 2. The van der Waals surface area contributed by atoms with Crippen molar-refractivity contribution in [3.05, 3.63) is 65.2 Å². The van der Waals surface area contributed by atoms with E-state index in [-0.39, 0.29) is 26.9 Å². The average molecular weight is 380 g/mol. The maximum atomic E-state index is 12.5. The number of anilines is 1. The van der Waals surface area contributed by atoms with E-state index in [1.54, 1.807) is 18.2 Å².